The molecular weight excluding hydrogens is 172 g/mol. The minimum atomic E-state index is -0.808. The Hall–Kier alpha value is -0.650. The molecule has 0 aliphatic carbocycles. The van der Waals surface area contributed by atoms with Gasteiger partial charge in [0.05, 0.1) is 19.8 Å². The van der Waals surface area contributed by atoms with Gasteiger partial charge in [-0.05, 0) is 14.1 Å². The van der Waals surface area contributed by atoms with Crippen LogP contribution in [0.2, 0.25) is 0 Å². The molecule has 0 aliphatic rings. The highest BCUT2D eigenvalue weighted by atomic mass is 16.5. The van der Waals surface area contributed by atoms with Gasteiger partial charge in [-0.1, -0.05) is 0 Å². The van der Waals surface area contributed by atoms with Crippen molar-refractivity contribution in [1.82, 2.24) is 10.2 Å². The van der Waals surface area contributed by atoms with Gasteiger partial charge in [-0.3, -0.25) is 9.69 Å². The van der Waals surface area contributed by atoms with E-state index in [2.05, 4.69) is 5.32 Å². The molecule has 13 heavy (non-hydrogen) atoms. The Morgan fingerprint density at radius 2 is 2.23 bits per heavy atom. The summed E-state index contributed by atoms with van der Waals surface area (Å²) in [6.07, 6.45) is 0. The van der Waals surface area contributed by atoms with Crippen LogP contribution in [0.15, 0.2) is 0 Å². The molecule has 0 fully saturated rings. The van der Waals surface area contributed by atoms with Gasteiger partial charge in [0.2, 0.25) is 0 Å². The molecule has 0 aliphatic heterocycles. The summed E-state index contributed by atoms with van der Waals surface area (Å²) in [5, 5.41) is 11.4. The van der Waals surface area contributed by atoms with Crippen LogP contribution >= 0.6 is 0 Å². The standard InChI is InChI=1S/C8H18N2O3/c1-9-3-5-13-6-4-10(2)7-8(11)12/h9H,3-7H2,1-2H3,(H,11,12). The highest BCUT2D eigenvalue weighted by Gasteiger charge is 2.02. The Kier molecular flexibility index (Phi) is 7.57. The molecule has 0 aromatic carbocycles. The van der Waals surface area contributed by atoms with Gasteiger partial charge < -0.3 is 15.2 Å². The van der Waals surface area contributed by atoms with Gasteiger partial charge in [0.25, 0.3) is 0 Å². The minimum absolute atomic E-state index is 0.0649. The van der Waals surface area contributed by atoms with E-state index >= 15 is 0 Å². The number of likely N-dealkylation sites (N-methyl/N-ethyl adjacent to an activating group) is 2. The first kappa shape index (κ1) is 12.3. The van der Waals surface area contributed by atoms with E-state index in [1.165, 1.54) is 0 Å². The Bertz CT molecular complexity index is 141. The second-order valence-corrected chi connectivity index (χ2v) is 2.85. The lowest BCUT2D eigenvalue weighted by Gasteiger charge is -2.13. The largest absolute Gasteiger partial charge is 0.480 e. The summed E-state index contributed by atoms with van der Waals surface area (Å²) < 4.78 is 5.23. The molecule has 0 aromatic heterocycles. The van der Waals surface area contributed by atoms with Crippen molar-refractivity contribution in [3.8, 4) is 0 Å². The van der Waals surface area contributed by atoms with Crippen LogP contribution in [0.4, 0.5) is 0 Å². The van der Waals surface area contributed by atoms with Gasteiger partial charge in [0.15, 0.2) is 0 Å². The van der Waals surface area contributed by atoms with Gasteiger partial charge in [-0.25, -0.2) is 0 Å². The molecule has 0 heterocycles. The number of carboxylic acids is 1. The topological polar surface area (TPSA) is 61.8 Å². The van der Waals surface area contributed by atoms with Gasteiger partial charge in [-0.2, -0.15) is 0 Å². The number of hydrogen-bond donors (Lipinski definition) is 2. The summed E-state index contributed by atoms with van der Waals surface area (Å²) in [5.74, 6) is -0.808. The number of nitrogens with zero attached hydrogens (tertiary/aromatic N) is 1. The lowest BCUT2D eigenvalue weighted by atomic mass is 10.5. The van der Waals surface area contributed by atoms with Gasteiger partial charge in [0, 0.05) is 13.1 Å². The van der Waals surface area contributed by atoms with E-state index in [1.54, 1.807) is 11.9 Å². The number of carboxylic acid groups (broad SMARTS) is 1. The van der Waals surface area contributed by atoms with E-state index in [1.807, 2.05) is 7.05 Å². The molecule has 0 atom stereocenters. The molecule has 0 bridgehead atoms. The maximum atomic E-state index is 10.3. The van der Waals surface area contributed by atoms with Crippen LogP contribution < -0.4 is 5.32 Å². The third-order valence-corrected chi connectivity index (χ3v) is 1.52. The first-order valence-electron chi connectivity index (χ1n) is 4.29. The monoisotopic (exact) mass is 190 g/mol. The van der Waals surface area contributed by atoms with Gasteiger partial charge in [0.1, 0.15) is 0 Å². The molecular formula is C8H18N2O3. The highest BCUT2D eigenvalue weighted by Crippen LogP contribution is 1.82. The molecule has 0 amide bonds. The molecule has 0 saturated carbocycles. The second kappa shape index (κ2) is 7.97. The zero-order chi connectivity index (χ0) is 10.1. The fourth-order valence-corrected chi connectivity index (χ4v) is 0.807. The van der Waals surface area contributed by atoms with Crippen LogP contribution in [0.25, 0.3) is 0 Å². The summed E-state index contributed by atoms with van der Waals surface area (Å²) in [6.45, 7) is 2.77. The number of rotatable bonds is 8. The summed E-state index contributed by atoms with van der Waals surface area (Å²) in [4.78, 5) is 12.0. The van der Waals surface area contributed by atoms with E-state index < -0.39 is 5.97 Å². The highest BCUT2D eigenvalue weighted by molar-refractivity contribution is 5.68. The first-order valence-corrected chi connectivity index (χ1v) is 4.29. The molecule has 0 saturated heterocycles. The Labute approximate surface area is 78.7 Å². The first-order chi connectivity index (χ1) is 6.16. The molecule has 2 N–H and O–H groups in total. The molecule has 5 heteroatoms. The van der Waals surface area contributed by atoms with Crippen molar-refractivity contribution in [3.05, 3.63) is 0 Å². The van der Waals surface area contributed by atoms with E-state index in [0.29, 0.717) is 19.8 Å². The van der Waals surface area contributed by atoms with Gasteiger partial charge in [-0.15, -0.1) is 0 Å². The van der Waals surface area contributed by atoms with E-state index in [-0.39, 0.29) is 6.54 Å². The molecule has 0 spiro atoms. The molecule has 0 unspecified atom stereocenters. The van der Waals surface area contributed by atoms with Crippen LogP contribution in [0, 0.1) is 0 Å². The quantitative estimate of drug-likeness (QED) is 0.493. The predicted octanol–water partition coefficient (Wildman–Crippen LogP) is -0.761. The van der Waals surface area contributed by atoms with Crippen molar-refractivity contribution in [3.63, 3.8) is 0 Å². The maximum absolute atomic E-state index is 10.3. The number of ether oxygens (including phenoxy) is 1. The SMILES string of the molecule is CNCCOCCN(C)CC(=O)O. The Balaban J connectivity index is 3.17. The minimum Gasteiger partial charge on any atom is -0.480 e. The third-order valence-electron chi connectivity index (χ3n) is 1.52. The van der Waals surface area contributed by atoms with E-state index in [9.17, 15) is 4.79 Å². The molecule has 0 aromatic rings. The van der Waals surface area contributed by atoms with Crippen LogP contribution in [0.3, 0.4) is 0 Å². The summed E-state index contributed by atoms with van der Waals surface area (Å²) >= 11 is 0. The second-order valence-electron chi connectivity index (χ2n) is 2.85. The number of nitrogens with one attached hydrogen (secondary N) is 1. The van der Waals surface area contributed by atoms with Crippen molar-refractivity contribution in [2.75, 3.05) is 46.9 Å². The van der Waals surface area contributed by atoms with Crippen molar-refractivity contribution in [2.45, 2.75) is 0 Å². The van der Waals surface area contributed by atoms with Gasteiger partial charge >= 0.3 is 5.97 Å². The third kappa shape index (κ3) is 9.26. The normalized spacial score (nSPS) is 10.7. The van der Waals surface area contributed by atoms with Crippen molar-refractivity contribution in [1.29, 1.82) is 0 Å². The van der Waals surface area contributed by atoms with E-state index in [0.717, 1.165) is 6.54 Å². The van der Waals surface area contributed by atoms with Crippen molar-refractivity contribution in [2.24, 2.45) is 0 Å². The van der Waals surface area contributed by atoms with E-state index in [4.69, 9.17) is 9.84 Å². The van der Waals surface area contributed by atoms with Crippen LogP contribution in [0.5, 0.6) is 0 Å². The number of aliphatic carboxylic acids is 1. The lowest BCUT2D eigenvalue weighted by molar-refractivity contribution is -0.138. The summed E-state index contributed by atoms with van der Waals surface area (Å²) in [6, 6.07) is 0. The van der Waals surface area contributed by atoms with Crippen molar-refractivity contribution < 1.29 is 14.6 Å². The van der Waals surface area contributed by atoms with Crippen LogP contribution in [-0.4, -0.2) is 62.9 Å². The Morgan fingerprint density at radius 3 is 2.77 bits per heavy atom. The maximum Gasteiger partial charge on any atom is 0.317 e. The predicted molar refractivity (Wildman–Crippen MR) is 49.9 cm³/mol. The molecule has 0 rings (SSSR count). The molecule has 78 valence electrons. The zero-order valence-corrected chi connectivity index (χ0v) is 8.25. The molecule has 0 radical (unpaired) electrons. The lowest BCUT2D eigenvalue weighted by Crippen LogP contribution is -2.29. The number of carbonyl (C=O) groups is 1. The average molecular weight is 190 g/mol. The Morgan fingerprint density at radius 1 is 1.54 bits per heavy atom. The zero-order valence-electron chi connectivity index (χ0n) is 8.25. The fourth-order valence-electron chi connectivity index (χ4n) is 0.807. The van der Waals surface area contributed by atoms with Crippen LogP contribution in [0.1, 0.15) is 0 Å². The smallest absolute Gasteiger partial charge is 0.317 e. The fraction of sp³-hybridized carbons (Fsp3) is 0.875. The van der Waals surface area contributed by atoms with Crippen molar-refractivity contribution >= 4 is 5.97 Å². The summed E-state index contributed by atoms with van der Waals surface area (Å²) in [7, 11) is 3.62. The number of hydrogen-bond acceptors (Lipinski definition) is 4. The van der Waals surface area contributed by atoms with Crippen LogP contribution in [-0.2, 0) is 9.53 Å². The summed E-state index contributed by atoms with van der Waals surface area (Å²) in [5.41, 5.74) is 0. The average Bonchev–Trinajstić information content (AvgIpc) is 2.02. The molecule has 5 nitrogen and oxygen atoms in total.